The predicted octanol–water partition coefficient (Wildman–Crippen LogP) is 4.06. The molecule has 4 nitrogen and oxygen atoms in total. The van der Waals surface area contributed by atoms with Crippen LogP contribution in [0.15, 0.2) is 18.2 Å². The predicted molar refractivity (Wildman–Crippen MR) is 112 cm³/mol. The number of Topliss-reactive ketones (excluding diaryl/α,β-unsaturated/α-hetero) is 1. The van der Waals surface area contributed by atoms with Gasteiger partial charge in [-0.2, -0.15) is 0 Å². The second kappa shape index (κ2) is 8.14. The molecule has 0 aliphatic carbocycles. The molecule has 3 N–H and O–H groups in total. The first-order valence-electron chi connectivity index (χ1n) is 8.14. The molecule has 26 heavy (non-hydrogen) atoms. The van der Waals surface area contributed by atoms with Crippen molar-refractivity contribution in [1.29, 1.82) is 0 Å². The summed E-state index contributed by atoms with van der Waals surface area (Å²) < 4.78 is 15.1. The van der Waals surface area contributed by atoms with Crippen LogP contribution < -0.4 is 11.1 Å². The van der Waals surface area contributed by atoms with E-state index >= 15 is 0 Å². The zero-order valence-electron chi connectivity index (χ0n) is 15.2. The van der Waals surface area contributed by atoms with Gasteiger partial charge < -0.3 is 11.1 Å². The van der Waals surface area contributed by atoms with Gasteiger partial charge in [-0.1, -0.05) is 6.07 Å². The second-order valence-corrected chi connectivity index (χ2v) is 9.35. The van der Waals surface area contributed by atoms with Crippen molar-refractivity contribution in [2.24, 2.45) is 5.73 Å². The number of nitrogens with one attached hydrogen (secondary N) is 1. The van der Waals surface area contributed by atoms with Gasteiger partial charge >= 0.3 is 0 Å². The van der Waals surface area contributed by atoms with Crippen LogP contribution in [0.3, 0.4) is 0 Å². The van der Waals surface area contributed by atoms with E-state index in [4.69, 9.17) is 5.73 Å². The highest BCUT2D eigenvalue weighted by atomic mass is 127. The van der Waals surface area contributed by atoms with E-state index in [1.54, 1.807) is 13.0 Å². The Morgan fingerprint density at radius 2 is 2.00 bits per heavy atom. The number of benzene rings is 1. The Bertz CT molecular complexity index is 856. The third-order valence-electron chi connectivity index (χ3n) is 3.84. The maximum absolute atomic E-state index is 14.3. The molecule has 0 aliphatic heterocycles. The van der Waals surface area contributed by atoms with Gasteiger partial charge in [0, 0.05) is 27.0 Å². The minimum Gasteiger partial charge on any atom is -0.350 e. The molecule has 0 saturated carbocycles. The molecule has 0 atom stereocenters. The molecule has 140 valence electrons. The third kappa shape index (κ3) is 5.11. The number of hydrogen-bond donors (Lipinski definition) is 2. The molecule has 1 aromatic carbocycles. The number of carbonyl (C=O) groups excluding carboxylic acids is 2. The summed E-state index contributed by atoms with van der Waals surface area (Å²) in [7, 11) is 0. The molecule has 1 amide bonds. The van der Waals surface area contributed by atoms with E-state index in [9.17, 15) is 14.0 Å². The minimum atomic E-state index is -0.550. The molecule has 0 bridgehead atoms. The van der Waals surface area contributed by atoms with Gasteiger partial charge in [-0.25, -0.2) is 4.39 Å². The van der Waals surface area contributed by atoms with Crippen molar-refractivity contribution < 1.29 is 14.0 Å². The van der Waals surface area contributed by atoms with Gasteiger partial charge in [-0.3, -0.25) is 9.59 Å². The number of thiophene rings is 1. The SMILES string of the molecule is CC(=O)c1sc(Cc2ccc(I)cc2F)c(C(=O)NCC(C)(C)N)c1C. The zero-order chi connectivity index (χ0) is 19.6. The molecule has 0 aliphatic rings. The number of rotatable bonds is 6. The van der Waals surface area contributed by atoms with Gasteiger partial charge in [0.25, 0.3) is 5.91 Å². The molecule has 2 rings (SSSR count). The second-order valence-electron chi connectivity index (χ2n) is 6.99. The average Bonchev–Trinajstić information content (AvgIpc) is 2.84. The summed E-state index contributed by atoms with van der Waals surface area (Å²) in [5.74, 6) is -0.706. The van der Waals surface area contributed by atoms with Crippen molar-refractivity contribution in [3.05, 3.63) is 54.0 Å². The number of ketones is 1. The van der Waals surface area contributed by atoms with Gasteiger partial charge in [0.1, 0.15) is 5.82 Å². The van der Waals surface area contributed by atoms with Crippen LogP contribution in [0.25, 0.3) is 0 Å². The van der Waals surface area contributed by atoms with Crippen LogP contribution in [0.5, 0.6) is 0 Å². The Kier molecular flexibility index (Phi) is 6.57. The third-order valence-corrected chi connectivity index (χ3v) is 5.90. The van der Waals surface area contributed by atoms with Crippen LogP contribution in [-0.2, 0) is 6.42 Å². The van der Waals surface area contributed by atoms with E-state index in [2.05, 4.69) is 5.32 Å². The van der Waals surface area contributed by atoms with Crippen LogP contribution in [0.1, 0.15) is 56.8 Å². The van der Waals surface area contributed by atoms with E-state index in [-0.39, 0.29) is 23.9 Å². The number of amides is 1. The summed E-state index contributed by atoms with van der Waals surface area (Å²) in [6.45, 7) is 7.16. The molecule has 1 heterocycles. The summed E-state index contributed by atoms with van der Waals surface area (Å²) in [6.07, 6.45) is 0.260. The summed E-state index contributed by atoms with van der Waals surface area (Å²) in [6, 6.07) is 4.99. The summed E-state index contributed by atoms with van der Waals surface area (Å²) in [5, 5.41) is 2.82. The van der Waals surface area contributed by atoms with E-state index in [0.717, 1.165) is 3.57 Å². The quantitative estimate of drug-likeness (QED) is 0.476. The fourth-order valence-electron chi connectivity index (χ4n) is 2.57. The van der Waals surface area contributed by atoms with Gasteiger partial charge in [0.05, 0.1) is 10.4 Å². The van der Waals surface area contributed by atoms with Crippen LogP contribution in [-0.4, -0.2) is 23.8 Å². The van der Waals surface area contributed by atoms with E-state index < -0.39 is 5.54 Å². The highest BCUT2D eigenvalue weighted by Crippen LogP contribution is 2.31. The number of halogens is 2. The Balaban J connectivity index is 2.42. The van der Waals surface area contributed by atoms with Crippen molar-refractivity contribution >= 4 is 45.6 Å². The summed E-state index contributed by atoms with van der Waals surface area (Å²) in [5.41, 5.74) is 6.96. The zero-order valence-corrected chi connectivity index (χ0v) is 18.2. The fraction of sp³-hybridized carbons (Fsp3) is 0.368. The molecule has 7 heteroatoms. The topological polar surface area (TPSA) is 72.2 Å². The van der Waals surface area contributed by atoms with Crippen molar-refractivity contribution in [3.63, 3.8) is 0 Å². The summed E-state index contributed by atoms with van der Waals surface area (Å²) >= 11 is 3.30. The van der Waals surface area contributed by atoms with Gasteiger partial charge in [-0.05, 0) is 73.5 Å². The molecular formula is C19H22FIN2O2S. The smallest absolute Gasteiger partial charge is 0.252 e. The first-order chi connectivity index (χ1) is 12.0. The Hall–Kier alpha value is -1.32. The van der Waals surface area contributed by atoms with E-state index in [0.29, 0.717) is 33.0 Å². The number of hydrogen-bond acceptors (Lipinski definition) is 4. The Labute approximate surface area is 170 Å². The first-order valence-corrected chi connectivity index (χ1v) is 10.0. The highest BCUT2D eigenvalue weighted by molar-refractivity contribution is 14.1. The standard InChI is InChI=1S/C19H22FIN2O2S/c1-10-16(18(25)23-9-19(3,4)22)15(26-17(10)11(2)24)7-12-5-6-13(21)8-14(12)20/h5-6,8H,7,9,22H2,1-4H3,(H,23,25). The van der Waals surface area contributed by atoms with Crippen LogP contribution >= 0.6 is 33.9 Å². The van der Waals surface area contributed by atoms with Crippen LogP contribution in [0, 0.1) is 16.3 Å². The monoisotopic (exact) mass is 488 g/mol. The molecular weight excluding hydrogens is 466 g/mol. The largest absolute Gasteiger partial charge is 0.350 e. The van der Waals surface area contributed by atoms with Crippen molar-refractivity contribution in [2.45, 2.75) is 39.7 Å². The lowest BCUT2D eigenvalue weighted by molar-refractivity contribution is 0.0945. The molecule has 2 aromatic rings. The molecule has 0 radical (unpaired) electrons. The molecule has 1 aromatic heterocycles. The van der Waals surface area contributed by atoms with Crippen molar-refractivity contribution in [2.75, 3.05) is 6.54 Å². The molecule has 0 saturated heterocycles. The van der Waals surface area contributed by atoms with Crippen LogP contribution in [0.2, 0.25) is 0 Å². The lowest BCUT2D eigenvalue weighted by Gasteiger charge is -2.19. The van der Waals surface area contributed by atoms with E-state index in [1.807, 2.05) is 42.5 Å². The first kappa shape index (κ1) is 21.0. The Morgan fingerprint density at radius 1 is 1.35 bits per heavy atom. The van der Waals surface area contributed by atoms with Crippen molar-refractivity contribution in [1.82, 2.24) is 5.32 Å². The average molecular weight is 488 g/mol. The maximum atomic E-state index is 14.3. The normalized spacial score (nSPS) is 11.5. The minimum absolute atomic E-state index is 0.102. The van der Waals surface area contributed by atoms with Gasteiger partial charge in [-0.15, -0.1) is 11.3 Å². The van der Waals surface area contributed by atoms with E-state index in [1.165, 1.54) is 24.3 Å². The number of carbonyl (C=O) groups is 2. The van der Waals surface area contributed by atoms with Gasteiger partial charge in [0.15, 0.2) is 5.78 Å². The Morgan fingerprint density at radius 3 is 2.54 bits per heavy atom. The highest BCUT2D eigenvalue weighted by Gasteiger charge is 2.24. The molecule has 0 spiro atoms. The maximum Gasteiger partial charge on any atom is 0.252 e. The van der Waals surface area contributed by atoms with Gasteiger partial charge in [0.2, 0.25) is 0 Å². The molecule has 0 unspecified atom stereocenters. The number of nitrogens with two attached hydrogens (primary N) is 1. The fourth-order valence-corrected chi connectivity index (χ4v) is 4.24. The molecule has 0 fully saturated rings. The van der Waals surface area contributed by atoms with Crippen molar-refractivity contribution in [3.8, 4) is 0 Å². The van der Waals surface area contributed by atoms with Crippen LogP contribution in [0.4, 0.5) is 4.39 Å². The lowest BCUT2D eigenvalue weighted by Crippen LogP contribution is -2.45. The summed E-state index contributed by atoms with van der Waals surface area (Å²) in [4.78, 5) is 25.9. The lowest BCUT2D eigenvalue weighted by atomic mass is 10.0.